The van der Waals surface area contributed by atoms with Gasteiger partial charge in [0.2, 0.25) is 5.95 Å². The topological polar surface area (TPSA) is 68.0 Å². The van der Waals surface area contributed by atoms with Crippen molar-refractivity contribution in [3.63, 3.8) is 0 Å². The molecular formula is C19H16N6S. The van der Waals surface area contributed by atoms with Crippen LogP contribution in [0, 0.1) is 0 Å². The number of hydrogen-bond donors (Lipinski definition) is 1. The van der Waals surface area contributed by atoms with E-state index in [1.165, 1.54) is 12.8 Å². The number of anilines is 1. The fourth-order valence-electron chi connectivity index (χ4n) is 2.71. The highest BCUT2D eigenvalue weighted by atomic mass is 32.2. The molecule has 7 heteroatoms. The van der Waals surface area contributed by atoms with Crippen molar-refractivity contribution in [3.8, 4) is 11.3 Å². The molecule has 1 saturated carbocycles. The molecule has 0 atom stereocenters. The Morgan fingerprint density at radius 2 is 1.92 bits per heavy atom. The maximum Gasteiger partial charge on any atom is 0.223 e. The van der Waals surface area contributed by atoms with E-state index in [9.17, 15) is 0 Å². The van der Waals surface area contributed by atoms with E-state index in [0.717, 1.165) is 26.7 Å². The van der Waals surface area contributed by atoms with Gasteiger partial charge in [0.05, 0.1) is 17.4 Å². The van der Waals surface area contributed by atoms with E-state index < -0.39 is 0 Å². The third kappa shape index (κ3) is 3.13. The molecular weight excluding hydrogens is 344 g/mol. The third-order valence-corrected chi connectivity index (χ3v) is 5.11. The zero-order valence-corrected chi connectivity index (χ0v) is 14.7. The van der Waals surface area contributed by atoms with Crippen LogP contribution in [0.25, 0.3) is 16.8 Å². The molecule has 0 spiro atoms. The summed E-state index contributed by atoms with van der Waals surface area (Å²) < 4.78 is 1.66. The molecule has 26 heavy (non-hydrogen) atoms. The van der Waals surface area contributed by atoms with Crippen LogP contribution in [-0.2, 0) is 0 Å². The van der Waals surface area contributed by atoms with Gasteiger partial charge in [-0.15, -0.1) is 9.73 Å². The molecule has 6 nitrogen and oxygen atoms in total. The number of benzene rings is 1. The average molecular weight is 360 g/mol. The van der Waals surface area contributed by atoms with Gasteiger partial charge in [-0.05, 0) is 43.2 Å². The lowest BCUT2D eigenvalue weighted by Gasteiger charge is -2.05. The summed E-state index contributed by atoms with van der Waals surface area (Å²) in [4.78, 5) is 10.1. The van der Waals surface area contributed by atoms with Crippen molar-refractivity contribution in [1.29, 1.82) is 0 Å². The van der Waals surface area contributed by atoms with Gasteiger partial charge in [-0.25, -0.2) is 9.97 Å². The first-order valence-corrected chi connectivity index (χ1v) is 9.35. The van der Waals surface area contributed by atoms with Gasteiger partial charge in [0.1, 0.15) is 5.03 Å². The molecule has 0 saturated heterocycles. The number of nitrogens with one attached hydrogen (secondary N) is 1. The van der Waals surface area contributed by atoms with Crippen molar-refractivity contribution in [1.82, 2.24) is 24.8 Å². The first-order valence-electron chi connectivity index (χ1n) is 8.53. The Labute approximate surface area is 154 Å². The van der Waals surface area contributed by atoms with Crippen molar-refractivity contribution in [3.05, 3.63) is 60.9 Å². The van der Waals surface area contributed by atoms with E-state index in [0.29, 0.717) is 12.0 Å². The molecule has 3 heterocycles. The van der Waals surface area contributed by atoms with Crippen LogP contribution < -0.4 is 5.32 Å². The number of fused-ring (bicyclic) bond motifs is 1. The molecule has 3 aromatic heterocycles. The van der Waals surface area contributed by atoms with Gasteiger partial charge in [-0.1, -0.05) is 30.0 Å². The van der Waals surface area contributed by atoms with Gasteiger partial charge in [-0.3, -0.25) is 0 Å². The first-order chi connectivity index (χ1) is 12.8. The van der Waals surface area contributed by atoms with Crippen molar-refractivity contribution in [2.24, 2.45) is 0 Å². The molecule has 0 radical (unpaired) electrons. The Morgan fingerprint density at radius 3 is 2.77 bits per heavy atom. The third-order valence-electron chi connectivity index (χ3n) is 4.17. The largest absolute Gasteiger partial charge is 0.351 e. The molecule has 1 aliphatic rings. The maximum atomic E-state index is 4.63. The maximum absolute atomic E-state index is 4.63. The zero-order chi connectivity index (χ0) is 17.3. The fraction of sp³-hybridized carbons (Fsp3) is 0.158. The van der Waals surface area contributed by atoms with E-state index in [4.69, 9.17) is 0 Å². The summed E-state index contributed by atoms with van der Waals surface area (Å²) >= 11 is 1.62. The molecule has 0 amide bonds. The van der Waals surface area contributed by atoms with E-state index in [2.05, 4.69) is 37.6 Å². The van der Waals surface area contributed by atoms with Gasteiger partial charge in [0, 0.05) is 22.7 Å². The zero-order valence-electron chi connectivity index (χ0n) is 13.9. The summed E-state index contributed by atoms with van der Waals surface area (Å²) in [5.74, 6) is 0.675. The Balaban J connectivity index is 1.46. The van der Waals surface area contributed by atoms with E-state index in [1.54, 1.807) is 22.6 Å². The molecule has 5 rings (SSSR count). The molecule has 4 aromatic rings. The smallest absolute Gasteiger partial charge is 0.223 e. The second kappa shape index (κ2) is 6.42. The predicted molar refractivity (Wildman–Crippen MR) is 101 cm³/mol. The molecule has 128 valence electrons. The second-order valence-corrected chi connectivity index (χ2v) is 7.30. The molecule has 1 aromatic carbocycles. The summed E-state index contributed by atoms with van der Waals surface area (Å²) in [6.45, 7) is 0. The first kappa shape index (κ1) is 15.3. The Hall–Kier alpha value is -2.93. The van der Waals surface area contributed by atoms with Gasteiger partial charge < -0.3 is 5.32 Å². The highest BCUT2D eigenvalue weighted by Gasteiger charge is 2.22. The SMILES string of the molecule is c1ccc(Sc2ccc3c(-c4ccnc(NC5CC5)n4)cnn3n2)cc1. The Bertz CT molecular complexity index is 1060. The molecule has 0 aliphatic heterocycles. The van der Waals surface area contributed by atoms with E-state index in [-0.39, 0.29) is 0 Å². The van der Waals surface area contributed by atoms with Crippen LogP contribution in [0.3, 0.4) is 0 Å². The molecule has 0 bridgehead atoms. The molecule has 0 unspecified atom stereocenters. The normalized spacial score (nSPS) is 13.8. The molecule has 1 N–H and O–H groups in total. The monoisotopic (exact) mass is 360 g/mol. The number of aromatic nitrogens is 5. The molecule has 1 fully saturated rings. The summed E-state index contributed by atoms with van der Waals surface area (Å²) in [5, 5.41) is 13.3. The highest BCUT2D eigenvalue weighted by Crippen LogP contribution is 2.29. The summed E-state index contributed by atoms with van der Waals surface area (Å²) in [7, 11) is 0. The van der Waals surface area contributed by atoms with E-state index in [1.807, 2.05) is 42.6 Å². The van der Waals surface area contributed by atoms with Crippen molar-refractivity contribution < 1.29 is 0 Å². The van der Waals surface area contributed by atoms with Crippen LogP contribution in [0.4, 0.5) is 5.95 Å². The molecule has 1 aliphatic carbocycles. The lowest BCUT2D eigenvalue weighted by molar-refractivity contribution is 0.753. The van der Waals surface area contributed by atoms with Crippen molar-refractivity contribution in [2.45, 2.75) is 28.8 Å². The van der Waals surface area contributed by atoms with Gasteiger partial charge in [-0.2, -0.15) is 5.10 Å². The van der Waals surface area contributed by atoms with Crippen molar-refractivity contribution >= 4 is 23.2 Å². The minimum Gasteiger partial charge on any atom is -0.351 e. The minimum absolute atomic E-state index is 0.522. The second-order valence-electron chi connectivity index (χ2n) is 6.20. The Kier molecular flexibility index (Phi) is 3.79. The predicted octanol–water partition coefficient (Wildman–Crippen LogP) is 3.91. The average Bonchev–Trinajstić information content (AvgIpc) is 3.39. The van der Waals surface area contributed by atoms with Crippen LogP contribution in [0.2, 0.25) is 0 Å². The highest BCUT2D eigenvalue weighted by molar-refractivity contribution is 7.99. The van der Waals surface area contributed by atoms with Gasteiger partial charge >= 0.3 is 0 Å². The van der Waals surface area contributed by atoms with Gasteiger partial charge in [0.25, 0.3) is 0 Å². The minimum atomic E-state index is 0.522. The lowest BCUT2D eigenvalue weighted by Crippen LogP contribution is -2.05. The standard InChI is InChI=1S/C19H16N6S/c1-2-4-14(5-3-1)26-18-9-8-17-15(12-21-25(17)24-18)16-10-11-20-19(23-16)22-13-6-7-13/h1-5,8-13H,6-7H2,(H,20,22,23). The van der Waals surface area contributed by atoms with Crippen LogP contribution in [-0.4, -0.2) is 30.8 Å². The quantitative estimate of drug-likeness (QED) is 0.582. The lowest BCUT2D eigenvalue weighted by atomic mass is 10.2. The van der Waals surface area contributed by atoms with Crippen LogP contribution >= 0.6 is 11.8 Å². The number of rotatable bonds is 5. The van der Waals surface area contributed by atoms with Crippen LogP contribution in [0.5, 0.6) is 0 Å². The van der Waals surface area contributed by atoms with Gasteiger partial charge in [0.15, 0.2) is 0 Å². The summed E-state index contributed by atoms with van der Waals surface area (Å²) in [5.41, 5.74) is 2.73. The van der Waals surface area contributed by atoms with Crippen LogP contribution in [0.15, 0.2) is 70.8 Å². The fourth-order valence-corrected chi connectivity index (χ4v) is 3.50. The number of hydrogen-bond acceptors (Lipinski definition) is 6. The van der Waals surface area contributed by atoms with Crippen LogP contribution in [0.1, 0.15) is 12.8 Å². The summed E-state index contributed by atoms with van der Waals surface area (Å²) in [6.07, 6.45) is 5.97. The van der Waals surface area contributed by atoms with Crippen molar-refractivity contribution in [2.75, 3.05) is 5.32 Å². The van der Waals surface area contributed by atoms with E-state index >= 15 is 0 Å². The number of nitrogens with zero attached hydrogens (tertiary/aromatic N) is 5. The Morgan fingerprint density at radius 1 is 1.04 bits per heavy atom. The summed E-state index contributed by atoms with van der Waals surface area (Å²) in [6, 6.07) is 16.7.